The van der Waals surface area contributed by atoms with E-state index >= 15 is 0 Å². The van der Waals surface area contributed by atoms with Gasteiger partial charge in [-0.2, -0.15) is 0 Å². The molecule has 2 rings (SSSR count). The first kappa shape index (κ1) is 13.4. The molecule has 0 aliphatic carbocycles. The molecule has 5 heteroatoms. The molecular weight excluding hydrogens is 244 g/mol. The quantitative estimate of drug-likeness (QED) is 0.774. The van der Waals surface area contributed by atoms with Gasteiger partial charge in [-0.3, -0.25) is 9.59 Å². The standard InChI is InChI=1S/C14H18N2O3/c1-8-5-9(2)11(19-4)10(6-8)14(3)7-15-12(17)13(18)16-14/h5-6H,7H2,1-4H3,(H,15,17)(H,16,18). The highest BCUT2D eigenvalue weighted by atomic mass is 16.5. The van der Waals surface area contributed by atoms with Gasteiger partial charge in [-0.15, -0.1) is 0 Å². The van der Waals surface area contributed by atoms with Gasteiger partial charge in [0.05, 0.1) is 12.6 Å². The Morgan fingerprint density at radius 1 is 1.21 bits per heavy atom. The van der Waals surface area contributed by atoms with Gasteiger partial charge >= 0.3 is 11.8 Å². The number of carbonyl (C=O) groups is 2. The summed E-state index contributed by atoms with van der Waals surface area (Å²) >= 11 is 0. The van der Waals surface area contributed by atoms with E-state index in [1.54, 1.807) is 7.11 Å². The van der Waals surface area contributed by atoms with Gasteiger partial charge in [0.1, 0.15) is 5.75 Å². The summed E-state index contributed by atoms with van der Waals surface area (Å²) in [6.07, 6.45) is 0. The summed E-state index contributed by atoms with van der Waals surface area (Å²) < 4.78 is 5.45. The van der Waals surface area contributed by atoms with Gasteiger partial charge in [0.2, 0.25) is 0 Å². The summed E-state index contributed by atoms with van der Waals surface area (Å²) in [4.78, 5) is 22.8. The Hall–Kier alpha value is -2.04. The van der Waals surface area contributed by atoms with E-state index in [0.29, 0.717) is 6.54 Å². The summed E-state index contributed by atoms with van der Waals surface area (Å²) in [5.41, 5.74) is 2.30. The van der Waals surface area contributed by atoms with E-state index in [9.17, 15) is 9.59 Å². The highest BCUT2D eigenvalue weighted by Crippen LogP contribution is 2.34. The molecule has 2 amide bonds. The number of amides is 2. The van der Waals surface area contributed by atoms with Crippen LogP contribution in [0.5, 0.6) is 5.75 Å². The SMILES string of the molecule is COc1c(C)cc(C)cc1C1(C)CNC(=O)C(=O)N1. The summed E-state index contributed by atoms with van der Waals surface area (Å²) in [7, 11) is 1.60. The molecule has 1 saturated heterocycles. The number of methoxy groups -OCH3 is 1. The number of aryl methyl sites for hydroxylation is 2. The van der Waals surface area contributed by atoms with Crippen molar-refractivity contribution in [1.82, 2.24) is 10.6 Å². The third kappa shape index (κ3) is 2.28. The molecule has 0 bridgehead atoms. The highest BCUT2D eigenvalue weighted by Gasteiger charge is 2.38. The second-order valence-electron chi connectivity index (χ2n) is 5.13. The van der Waals surface area contributed by atoms with Gasteiger partial charge in [0.15, 0.2) is 0 Å². The third-order valence-corrected chi connectivity index (χ3v) is 3.42. The predicted molar refractivity (Wildman–Crippen MR) is 71.0 cm³/mol. The minimum atomic E-state index is -0.660. The van der Waals surface area contributed by atoms with Gasteiger partial charge in [0, 0.05) is 12.1 Å². The lowest BCUT2D eigenvalue weighted by atomic mass is 9.87. The molecule has 1 aliphatic rings. The maximum Gasteiger partial charge on any atom is 0.310 e. The van der Waals surface area contributed by atoms with Crippen LogP contribution >= 0.6 is 0 Å². The normalized spacial score (nSPS) is 22.7. The van der Waals surface area contributed by atoms with Crippen molar-refractivity contribution in [3.63, 3.8) is 0 Å². The third-order valence-electron chi connectivity index (χ3n) is 3.42. The minimum absolute atomic E-state index is 0.344. The van der Waals surface area contributed by atoms with Crippen molar-refractivity contribution < 1.29 is 14.3 Å². The molecular formula is C14H18N2O3. The molecule has 5 nitrogen and oxygen atoms in total. The van der Waals surface area contributed by atoms with E-state index in [-0.39, 0.29) is 0 Å². The fourth-order valence-electron chi connectivity index (χ4n) is 2.49. The second-order valence-corrected chi connectivity index (χ2v) is 5.13. The number of benzene rings is 1. The van der Waals surface area contributed by atoms with Crippen LogP contribution in [-0.2, 0) is 15.1 Å². The average molecular weight is 262 g/mol. The first-order chi connectivity index (χ1) is 8.87. The Kier molecular flexibility index (Phi) is 3.22. The van der Waals surface area contributed by atoms with Crippen LogP contribution in [0.2, 0.25) is 0 Å². The maximum atomic E-state index is 11.6. The van der Waals surface area contributed by atoms with Gasteiger partial charge in [0.25, 0.3) is 0 Å². The molecule has 19 heavy (non-hydrogen) atoms. The molecule has 0 spiro atoms. The molecule has 1 aromatic rings. The van der Waals surface area contributed by atoms with Crippen LogP contribution in [0.25, 0.3) is 0 Å². The molecule has 0 saturated carbocycles. The van der Waals surface area contributed by atoms with Gasteiger partial charge in [-0.05, 0) is 32.4 Å². The molecule has 0 aromatic heterocycles. The van der Waals surface area contributed by atoms with Crippen molar-refractivity contribution in [3.8, 4) is 5.75 Å². The number of hydrogen-bond acceptors (Lipinski definition) is 3. The van der Waals surface area contributed by atoms with Crippen LogP contribution in [0.3, 0.4) is 0 Å². The lowest BCUT2D eigenvalue weighted by Gasteiger charge is -2.36. The lowest BCUT2D eigenvalue weighted by molar-refractivity contribution is -0.142. The molecule has 0 radical (unpaired) electrons. The summed E-state index contributed by atoms with van der Waals surface area (Å²) in [6.45, 7) is 6.17. The summed E-state index contributed by atoms with van der Waals surface area (Å²) in [6, 6.07) is 4.00. The number of rotatable bonds is 2. The van der Waals surface area contributed by atoms with E-state index in [1.165, 1.54) is 0 Å². The highest BCUT2D eigenvalue weighted by molar-refractivity contribution is 6.35. The zero-order valence-electron chi connectivity index (χ0n) is 11.6. The zero-order valence-corrected chi connectivity index (χ0v) is 11.6. The molecule has 1 aromatic carbocycles. The molecule has 2 N–H and O–H groups in total. The second kappa shape index (κ2) is 4.57. The van der Waals surface area contributed by atoms with E-state index in [1.807, 2.05) is 32.9 Å². The molecule has 1 atom stereocenters. The maximum absolute atomic E-state index is 11.6. The number of nitrogens with one attached hydrogen (secondary N) is 2. The van der Waals surface area contributed by atoms with Crippen molar-refractivity contribution in [3.05, 3.63) is 28.8 Å². The van der Waals surface area contributed by atoms with Crippen molar-refractivity contribution in [2.75, 3.05) is 13.7 Å². The fourth-order valence-corrected chi connectivity index (χ4v) is 2.49. The fraction of sp³-hybridized carbons (Fsp3) is 0.429. The molecule has 1 unspecified atom stereocenters. The van der Waals surface area contributed by atoms with Crippen LogP contribution in [0.4, 0.5) is 0 Å². The van der Waals surface area contributed by atoms with Crippen LogP contribution in [0, 0.1) is 13.8 Å². The van der Waals surface area contributed by atoms with Crippen molar-refractivity contribution in [2.24, 2.45) is 0 Å². The smallest absolute Gasteiger partial charge is 0.310 e. The monoisotopic (exact) mass is 262 g/mol. The van der Waals surface area contributed by atoms with Crippen LogP contribution in [-0.4, -0.2) is 25.5 Å². The lowest BCUT2D eigenvalue weighted by Crippen LogP contribution is -2.61. The molecule has 1 heterocycles. The number of ether oxygens (including phenoxy) is 1. The van der Waals surface area contributed by atoms with Gasteiger partial charge < -0.3 is 15.4 Å². The Labute approximate surface area is 112 Å². The largest absolute Gasteiger partial charge is 0.496 e. The first-order valence-electron chi connectivity index (χ1n) is 6.13. The number of piperazine rings is 1. The number of hydrogen-bond donors (Lipinski definition) is 2. The van der Waals surface area contributed by atoms with Crippen LogP contribution < -0.4 is 15.4 Å². The Balaban J connectivity index is 2.51. The van der Waals surface area contributed by atoms with Gasteiger partial charge in [-0.1, -0.05) is 11.6 Å². The van der Waals surface area contributed by atoms with E-state index in [4.69, 9.17) is 4.74 Å². The van der Waals surface area contributed by atoms with Crippen LogP contribution in [0.1, 0.15) is 23.6 Å². The summed E-state index contributed by atoms with van der Waals surface area (Å²) in [5.74, 6) is -0.472. The Morgan fingerprint density at radius 2 is 1.89 bits per heavy atom. The average Bonchev–Trinajstić information content (AvgIpc) is 2.33. The minimum Gasteiger partial charge on any atom is -0.496 e. The number of carbonyl (C=O) groups excluding carboxylic acids is 2. The Bertz CT molecular complexity index is 554. The van der Waals surface area contributed by atoms with E-state index in [0.717, 1.165) is 22.4 Å². The van der Waals surface area contributed by atoms with Crippen LogP contribution in [0.15, 0.2) is 12.1 Å². The van der Waals surface area contributed by atoms with Crippen molar-refractivity contribution >= 4 is 11.8 Å². The van der Waals surface area contributed by atoms with Crippen molar-refractivity contribution in [2.45, 2.75) is 26.3 Å². The topological polar surface area (TPSA) is 67.4 Å². The van der Waals surface area contributed by atoms with Gasteiger partial charge in [-0.25, -0.2) is 0 Å². The Morgan fingerprint density at radius 3 is 2.47 bits per heavy atom. The molecule has 102 valence electrons. The molecule has 1 fully saturated rings. The van der Waals surface area contributed by atoms with Crippen molar-refractivity contribution in [1.29, 1.82) is 0 Å². The van der Waals surface area contributed by atoms with E-state index in [2.05, 4.69) is 10.6 Å². The van der Waals surface area contributed by atoms with E-state index < -0.39 is 17.4 Å². The predicted octanol–water partition coefficient (Wildman–Crippen LogP) is 0.773. The summed E-state index contributed by atoms with van der Waals surface area (Å²) in [5, 5.41) is 5.36. The molecule has 1 aliphatic heterocycles. The first-order valence-corrected chi connectivity index (χ1v) is 6.13. The zero-order chi connectivity index (χ0) is 14.2.